The summed E-state index contributed by atoms with van der Waals surface area (Å²) in [5, 5.41) is 9.43. The van der Waals surface area contributed by atoms with Crippen molar-refractivity contribution in [3.05, 3.63) is 17.5 Å². The molecule has 0 aliphatic rings. The molecule has 0 fully saturated rings. The minimum absolute atomic E-state index is 0.116. The molecule has 0 saturated carbocycles. The maximum atomic E-state index is 9.00. The Balaban J connectivity index is 2.62. The van der Waals surface area contributed by atoms with E-state index in [2.05, 4.69) is 16.9 Å². The molecule has 13 heavy (non-hydrogen) atoms. The van der Waals surface area contributed by atoms with Crippen LogP contribution in [0.4, 0.5) is 0 Å². The van der Waals surface area contributed by atoms with Gasteiger partial charge in [-0.05, 0) is 0 Å². The van der Waals surface area contributed by atoms with E-state index in [-0.39, 0.29) is 22.4 Å². The molecule has 0 aliphatic heterocycles. The summed E-state index contributed by atoms with van der Waals surface area (Å²) in [5.74, 6) is 0. The van der Waals surface area contributed by atoms with Crippen LogP contribution in [-0.2, 0) is 0 Å². The molecular weight excluding hydrogens is 250 g/mol. The van der Waals surface area contributed by atoms with Crippen LogP contribution in [0, 0.1) is 0 Å². The summed E-state index contributed by atoms with van der Waals surface area (Å²) in [6, 6.07) is 0. The number of aliphatic hydroxyl groups excluding tert-OH is 1. The third-order valence-corrected chi connectivity index (χ3v) is 4.65. The van der Waals surface area contributed by atoms with Gasteiger partial charge in [0.15, 0.2) is 0 Å². The first-order valence-corrected chi connectivity index (χ1v) is 6.45. The van der Waals surface area contributed by atoms with Crippen molar-refractivity contribution in [2.75, 3.05) is 6.61 Å². The quantitative estimate of drug-likeness (QED) is 0.810. The van der Waals surface area contributed by atoms with Gasteiger partial charge in [-0.15, -0.1) is 0 Å². The molecule has 71 valence electrons. The van der Waals surface area contributed by atoms with Crippen molar-refractivity contribution in [3.63, 3.8) is 0 Å². The van der Waals surface area contributed by atoms with E-state index in [1.807, 2.05) is 0 Å². The number of nitrogens with zero attached hydrogens (tertiary/aromatic N) is 2. The summed E-state index contributed by atoms with van der Waals surface area (Å²) >= 11 is 5.58. The Labute approximate surface area is 89.2 Å². The SMILES string of the molecule is CCC(CO)[As]c1cncc(Cl)n1. The molecule has 0 aliphatic carbocycles. The zero-order chi connectivity index (χ0) is 9.68. The molecule has 1 aromatic heterocycles. The van der Waals surface area contributed by atoms with Crippen molar-refractivity contribution >= 4 is 31.8 Å². The van der Waals surface area contributed by atoms with E-state index in [1.54, 1.807) is 6.20 Å². The Morgan fingerprint density at radius 3 is 2.92 bits per heavy atom. The molecule has 0 bridgehead atoms. The van der Waals surface area contributed by atoms with Crippen molar-refractivity contribution in [1.29, 1.82) is 0 Å². The summed E-state index contributed by atoms with van der Waals surface area (Å²) in [6.07, 6.45) is 4.22. The predicted molar refractivity (Wildman–Crippen MR) is 53.6 cm³/mol. The van der Waals surface area contributed by atoms with Gasteiger partial charge in [-0.2, -0.15) is 0 Å². The number of hydrogen-bond acceptors (Lipinski definition) is 3. The fourth-order valence-corrected chi connectivity index (χ4v) is 3.09. The number of rotatable bonds is 4. The molecule has 1 radical (unpaired) electrons. The monoisotopic (exact) mass is 261 g/mol. The Bertz CT molecular complexity index is 268. The Kier molecular flexibility index (Phi) is 4.71. The van der Waals surface area contributed by atoms with Crippen LogP contribution in [-0.4, -0.2) is 37.4 Å². The topological polar surface area (TPSA) is 46.0 Å². The molecule has 0 amide bonds. The van der Waals surface area contributed by atoms with Gasteiger partial charge in [-0.1, -0.05) is 0 Å². The zero-order valence-electron chi connectivity index (χ0n) is 7.31. The second kappa shape index (κ2) is 5.58. The molecule has 1 unspecified atom stereocenters. The van der Waals surface area contributed by atoms with Gasteiger partial charge >= 0.3 is 89.1 Å². The van der Waals surface area contributed by atoms with E-state index in [0.29, 0.717) is 9.86 Å². The van der Waals surface area contributed by atoms with Crippen molar-refractivity contribution in [2.24, 2.45) is 0 Å². The van der Waals surface area contributed by atoms with Gasteiger partial charge in [0.1, 0.15) is 0 Å². The van der Waals surface area contributed by atoms with Crippen LogP contribution in [0.5, 0.6) is 0 Å². The van der Waals surface area contributed by atoms with Gasteiger partial charge in [-0.25, -0.2) is 0 Å². The summed E-state index contributed by atoms with van der Waals surface area (Å²) in [6.45, 7) is 2.29. The molecule has 0 saturated heterocycles. The van der Waals surface area contributed by atoms with Crippen LogP contribution in [0.25, 0.3) is 0 Å². The summed E-state index contributed by atoms with van der Waals surface area (Å²) in [7, 11) is 0. The number of aromatic nitrogens is 2. The molecule has 1 heterocycles. The molecule has 3 nitrogen and oxygen atoms in total. The molecule has 1 rings (SSSR count). The van der Waals surface area contributed by atoms with Crippen LogP contribution < -0.4 is 4.48 Å². The van der Waals surface area contributed by atoms with Crippen molar-refractivity contribution in [2.45, 2.75) is 18.1 Å². The Hall–Kier alpha value is -0.112. The third-order valence-electron chi connectivity index (χ3n) is 1.59. The Morgan fingerprint density at radius 1 is 1.62 bits per heavy atom. The van der Waals surface area contributed by atoms with E-state index in [0.717, 1.165) is 10.9 Å². The first-order valence-electron chi connectivity index (χ1n) is 4.05. The van der Waals surface area contributed by atoms with Crippen molar-refractivity contribution in [3.8, 4) is 0 Å². The average molecular weight is 262 g/mol. The average Bonchev–Trinajstić information content (AvgIpc) is 2.14. The van der Waals surface area contributed by atoms with Gasteiger partial charge < -0.3 is 0 Å². The van der Waals surface area contributed by atoms with E-state index in [1.165, 1.54) is 6.20 Å². The Morgan fingerprint density at radius 2 is 2.38 bits per heavy atom. The second-order valence-corrected chi connectivity index (χ2v) is 6.00. The van der Waals surface area contributed by atoms with Crippen LogP contribution in [0.1, 0.15) is 13.3 Å². The van der Waals surface area contributed by atoms with E-state index < -0.39 is 0 Å². The fraction of sp³-hybridized carbons (Fsp3) is 0.500. The predicted octanol–water partition coefficient (Wildman–Crippen LogP) is 0.650. The molecule has 0 aromatic carbocycles. The molecular formula is C8H11AsClN2O. The van der Waals surface area contributed by atoms with Gasteiger partial charge in [0.05, 0.1) is 0 Å². The first kappa shape index (κ1) is 11.0. The second-order valence-electron chi connectivity index (χ2n) is 2.57. The van der Waals surface area contributed by atoms with Gasteiger partial charge in [0.25, 0.3) is 0 Å². The maximum absolute atomic E-state index is 9.00. The molecule has 0 spiro atoms. The summed E-state index contributed by atoms with van der Waals surface area (Å²) in [5.41, 5.74) is 0. The first-order chi connectivity index (χ1) is 6.26. The molecule has 1 N–H and O–H groups in total. The van der Waals surface area contributed by atoms with Crippen LogP contribution >= 0.6 is 11.6 Å². The van der Waals surface area contributed by atoms with Crippen LogP contribution in [0.15, 0.2) is 12.4 Å². The molecule has 1 aromatic rings. The van der Waals surface area contributed by atoms with Gasteiger partial charge in [0.2, 0.25) is 0 Å². The molecule has 1 atom stereocenters. The van der Waals surface area contributed by atoms with Crippen molar-refractivity contribution < 1.29 is 5.11 Å². The van der Waals surface area contributed by atoms with Gasteiger partial charge in [0, 0.05) is 0 Å². The van der Waals surface area contributed by atoms with Crippen LogP contribution in [0.3, 0.4) is 0 Å². The zero-order valence-corrected chi connectivity index (χ0v) is 9.95. The fourth-order valence-electron chi connectivity index (χ4n) is 0.843. The van der Waals surface area contributed by atoms with Crippen LogP contribution in [0.2, 0.25) is 9.86 Å². The third kappa shape index (κ3) is 3.63. The number of aliphatic hydroxyl groups is 1. The number of halogens is 1. The minimum atomic E-state index is -0.116. The molecule has 5 heteroatoms. The normalized spacial score (nSPS) is 13.8. The number of hydrogen-bond donors (Lipinski definition) is 1. The van der Waals surface area contributed by atoms with E-state index >= 15 is 0 Å². The summed E-state index contributed by atoms with van der Waals surface area (Å²) in [4.78, 5) is 8.10. The van der Waals surface area contributed by atoms with E-state index in [4.69, 9.17) is 16.7 Å². The summed E-state index contributed by atoms with van der Waals surface area (Å²) < 4.78 is 1.29. The van der Waals surface area contributed by atoms with Crippen molar-refractivity contribution in [1.82, 2.24) is 9.97 Å². The van der Waals surface area contributed by atoms with E-state index in [9.17, 15) is 0 Å². The van der Waals surface area contributed by atoms with Gasteiger partial charge in [-0.3, -0.25) is 0 Å². The standard InChI is InChI=1S/C8H11AsClN2O/c1-2-6(5-13)9-7-3-11-4-8(10)12-7/h3-4,6,13H,2,5H2,1H3.